The number of aryl methyl sites for hydroxylation is 1. The summed E-state index contributed by atoms with van der Waals surface area (Å²) in [6.07, 6.45) is 1.74. The van der Waals surface area contributed by atoms with Crippen molar-refractivity contribution in [1.82, 2.24) is 10.2 Å². The van der Waals surface area contributed by atoms with Crippen LogP contribution in [0.3, 0.4) is 0 Å². The van der Waals surface area contributed by atoms with Gasteiger partial charge in [-0.2, -0.15) is 0 Å². The molecule has 14 heavy (non-hydrogen) atoms. The molecule has 0 saturated heterocycles. The molecule has 0 aliphatic heterocycles. The average Bonchev–Trinajstić information content (AvgIpc) is 2.46. The summed E-state index contributed by atoms with van der Waals surface area (Å²) < 4.78 is 5.23. The molecule has 1 aromatic rings. The molecule has 1 heterocycles. The molecule has 1 aromatic heterocycles. The summed E-state index contributed by atoms with van der Waals surface area (Å²) in [7, 11) is 4.17. The lowest BCUT2D eigenvalue weighted by atomic mass is 10.2. The molecule has 1 rings (SSSR count). The molecule has 0 fully saturated rings. The molecule has 0 amide bonds. The van der Waals surface area contributed by atoms with E-state index in [2.05, 4.69) is 31.2 Å². The van der Waals surface area contributed by atoms with E-state index in [4.69, 9.17) is 4.42 Å². The number of nitrogens with zero attached hydrogens (tertiary/aromatic N) is 1. The molecular weight excluding hydrogens is 176 g/mol. The van der Waals surface area contributed by atoms with E-state index < -0.39 is 0 Å². The number of nitrogens with one attached hydrogen (secondary N) is 1. The molecule has 1 unspecified atom stereocenters. The van der Waals surface area contributed by atoms with Gasteiger partial charge in [0.05, 0.1) is 6.26 Å². The van der Waals surface area contributed by atoms with Crippen LogP contribution in [-0.2, 0) is 6.54 Å². The van der Waals surface area contributed by atoms with Gasteiger partial charge < -0.3 is 14.6 Å². The van der Waals surface area contributed by atoms with E-state index in [1.165, 1.54) is 5.56 Å². The quantitative estimate of drug-likeness (QED) is 0.776. The van der Waals surface area contributed by atoms with Gasteiger partial charge in [-0.3, -0.25) is 0 Å². The SMILES string of the molecule is Cc1occc1CNC(C)CN(C)C. The van der Waals surface area contributed by atoms with Crippen LogP contribution in [0.15, 0.2) is 16.7 Å². The molecule has 3 nitrogen and oxygen atoms in total. The van der Waals surface area contributed by atoms with Crippen LogP contribution in [-0.4, -0.2) is 31.6 Å². The van der Waals surface area contributed by atoms with Crippen LogP contribution >= 0.6 is 0 Å². The van der Waals surface area contributed by atoms with Crippen molar-refractivity contribution >= 4 is 0 Å². The molecule has 0 spiro atoms. The van der Waals surface area contributed by atoms with Gasteiger partial charge in [0.2, 0.25) is 0 Å². The highest BCUT2D eigenvalue weighted by Gasteiger charge is 2.05. The van der Waals surface area contributed by atoms with Crippen molar-refractivity contribution in [1.29, 1.82) is 0 Å². The second kappa shape index (κ2) is 5.17. The largest absolute Gasteiger partial charge is 0.469 e. The fourth-order valence-electron chi connectivity index (χ4n) is 1.49. The van der Waals surface area contributed by atoms with E-state index in [1.54, 1.807) is 6.26 Å². The van der Waals surface area contributed by atoms with Gasteiger partial charge in [0.25, 0.3) is 0 Å². The minimum absolute atomic E-state index is 0.499. The maximum absolute atomic E-state index is 5.23. The highest BCUT2D eigenvalue weighted by Crippen LogP contribution is 2.08. The molecule has 0 aliphatic carbocycles. The smallest absolute Gasteiger partial charge is 0.105 e. The van der Waals surface area contributed by atoms with Crippen molar-refractivity contribution in [3.8, 4) is 0 Å². The number of rotatable bonds is 5. The third-order valence-electron chi connectivity index (χ3n) is 2.25. The summed E-state index contributed by atoms with van der Waals surface area (Å²) in [4.78, 5) is 2.18. The van der Waals surface area contributed by atoms with Crippen LogP contribution < -0.4 is 5.32 Å². The maximum atomic E-state index is 5.23. The molecule has 0 radical (unpaired) electrons. The van der Waals surface area contributed by atoms with Gasteiger partial charge in [0, 0.05) is 24.7 Å². The Morgan fingerprint density at radius 1 is 1.50 bits per heavy atom. The maximum Gasteiger partial charge on any atom is 0.105 e. The van der Waals surface area contributed by atoms with Crippen molar-refractivity contribution in [2.45, 2.75) is 26.4 Å². The highest BCUT2D eigenvalue weighted by molar-refractivity contribution is 5.14. The summed E-state index contributed by atoms with van der Waals surface area (Å²) >= 11 is 0. The van der Waals surface area contributed by atoms with E-state index >= 15 is 0 Å². The van der Waals surface area contributed by atoms with Gasteiger partial charge in [0.1, 0.15) is 5.76 Å². The Bertz CT molecular complexity index is 268. The summed E-state index contributed by atoms with van der Waals surface area (Å²) in [6.45, 7) is 6.12. The zero-order valence-corrected chi connectivity index (χ0v) is 9.50. The van der Waals surface area contributed by atoms with Gasteiger partial charge >= 0.3 is 0 Å². The summed E-state index contributed by atoms with van der Waals surface area (Å²) in [5.41, 5.74) is 1.25. The Labute approximate surface area is 86.1 Å². The lowest BCUT2D eigenvalue weighted by Gasteiger charge is -2.17. The Balaban J connectivity index is 2.30. The standard InChI is InChI=1S/C11H20N2O/c1-9(8-13(3)4)12-7-11-5-6-14-10(11)2/h5-6,9,12H,7-8H2,1-4H3. The van der Waals surface area contributed by atoms with E-state index in [9.17, 15) is 0 Å². The second-order valence-corrected chi connectivity index (χ2v) is 4.05. The number of likely N-dealkylation sites (N-methyl/N-ethyl adjacent to an activating group) is 1. The third-order valence-corrected chi connectivity index (χ3v) is 2.25. The van der Waals surface area contributed by atoms with Crippen molar-refractivity contribution in [3.63, 3.8) is 0 Å². The summed E-state index contributed by atoms with van der Waals surface area (Å²) in [6, 6.07) is 2.52. The van der Waals surface area contributed by atoms with Crippen LogP contribution in [0, 0.1) is 6.92 Å². The van der Waals surface area contributed by atoms with Gasteiger partial charge in [-0.25, -0.2) is 0 Å². The normalized spacial score (nSPS) is 13.5. The molecule has 1 N–H and O–H groups in total. The minimum atomic E-state index is 0.499. The van der Waals surface area contributed by atoms with Crippen molar-refractivity contribution < 1.29 is 4.42 Å². The number of hydrogen-bond acceptors (Lipinski definition) is 3. The van der Waals surface area contributed by atoms with Gasteiger partial charge in [-0.05, 0) is 34.0 Å². The lowest BCUT2D eigenvalue weighted by Crippen LogP contribution is -2.35. The molecule has 80 valence electrons. The van der Waals surface area contributed by atoms with Crippen LogP contribution in [0.1, 0.15) is 18.2 Å². The topological polar surface area (TPSA) is 28.4 Å². The van der Waals surface area contributed by atoms with Crippen LogP contribution in [0.5, 0.6) is 0 Å². The predicted molar refractivity (Wildman–Crippen MR) is 58.3 cm³/mol. The van der Waals surface area contributed by atoms with E-state index in [0.717, 1.165) is 18.8 Å². The third kappa shape index (κ3) is 3.52. The fraction of sp³-hybridized carbons (Fsp3) is 0.636. The van der Waals surface area contributed by atoms with Crippen LogP contribution in [0.2, 0.25) is 0 Å². The lowest BCUT2D eigenvalue weighted by molar-refractivity contribution is 0.348. The first-order chi connectivity index (χ1) is 6.59. The number of furan rings is 1. The Morgan fingerprint density at radius 3 is 2.71 bits per heavy atom. The first-order valence-corrected chi connectivity index (χ1v) is 5.00. The van der Waals surface area contributed by atoms with Crippen molar-refractivity contribution in [3.05, 3.63) is 23.7 Å². The molecular formula is C11H20N2O. The Hall–Kier alpha value is -0.800. The minimum Gasteiger partial charge on any atom is -0.469 e. The van der Waals surface area contributed by atoms with E-state index in [-0.39, 0.29) is 0 Å². The highest BCUT2D eigenvalue weighted by atomic mass is 16.3. The number of hydrogen-bond donors (Lipinski definition) is 1. The molecule has 3 heteroatoms. The van der Waals surface area contributed by atoms with E-state index in [1.807, 2.05) is 13.0 Å². The van der Waals surface area contributed by atoms with Crippen LogP contribution in [0.25, 0.3) is 0 Å². The van der Waals surface area contributed by atoms with Crippen molar-refractivity contribution in [2.75, 3.05) is 20.6 Å². The molecule has 1 atom stereocenters. The summed E-state index contributed by atoms with van der Waals surface area (Å²) in [5, 5.41) is 3.46. The van der Waals surface area contributed by atoms with Gasteiger partial charge in [-0.15, -0.1) is 0 Å². The molecule has 0 aliphatic rings. The van der Waals surface area contributed by atoms with Crippen molar-refractivity contribution in [2.24, 2.45) is 0 Å². The average molecular weight is 196 g/mol. The Morgan fingerprint density at radius 2 is 2.21 bits per heavy atom. The molecule has 0 saturated carbocycles. The first kappa shape index (κ1) is 11.3. The van der Waals surface area contributed by atoms with E-state index in [0.29, 0.717) is 6.04 Å². The zero-order valence-electron chi connectivity index (χ0n) is 9.50. The monoisotopic (exact) mass is 196 g/mol. The zero-order chi connectivity index (χ0) is 10.6. The summed E-state index contributed by atoms with van der Waals surface area (Å²) in [5.74, 6) is 1.01. The van der Waals surface area contributed by atoms with Crippen LogP contribution in [0.4, 0.5) is 0 Å². The second-order valence-electron chi connectivity index (χ2n) is 4.05. The van der Waals surface area contributed by atoms with Gasteiger partial charge in [-0.1, -0.05) is 0 Å². The predicted octanol–water partition coefficient (Wildman–Crippen LogP) is 1.63. The van der Waals surface area contributed by atoms with Gasteiger partial charge in [0.15, 0.2) is 0 Å². The fourth-order valence-corrected chi connectivity index (χ4v) is 1.49. The molecule has 0 bridgehead atoms. The Kier molecular flexibility index (Phi) is 4.17. The first-order valence-electron chi connectivity index (χ1n) is 5.00. The molecule has 0 aromatic carbocycles.